The Kier molecular flexibility index (Phi) is 4.41. The number of anilines is 2. The molecule has 3 rings (SSSR count). The summed E-state index contributed by atoms with van der Waals surface area (Å²) in [5, 5.41) is 3.58. The molecule has 8 nitrogen and oxygen atoms in total. The fraction of sp³-hybridized carbons (Fsp3) is 0.278. The molecule has 1 N–H and O–H groups in total. The zero-order chi connectivity index (χ0) is 19.0. The maximum Gasteiger partial charge on any atom is 0.332 e. The third-order valence-electron chi connectivity index (χ3n) is 4.32. The maximum atomic E-state index is 12.8. The highest BCUT2D eigenvalue weighted by Crippen LogP contribution is 2.34. The summed E-state index contributed by atoms with van der Waals surface area (Å²) in [6, 6.07) is 5.33. The highest BCUT2D eigenvalue weighted by molar-refractivity contribution is 5.92. The van der Waals surface area contributed by atoms with Crippen molar-refractivity contribution in [3.63, 3.8) is 0 Å². The number of methoxy groups -OCH3 is 2. The molecule has 0 radical (unpaired) electrons. The van der Waals surface area contributed by atoms with Gasteiger partial charge in [-0.1, -0.05) is 0 Å². The van der Waals surface area contributed by atoms with Crippen LogP contribution in [0.5, 0.6) is 11.5 Å². The summed E-state index contributed by atoms with van der Waals surface area (Å²) in [6.45, 7) is 1.84. The highest BCUT2D eigenvalue weighted by Gasteiger charge is 2.17. The van der Waals surface area contributed by atoms with E-state index in [1.54, 1.807) is 45.7 Å². The molecule has 0 aliphatic carbocycles. The van der Waals surface area contributed by atoms with Crippen LogP contribution in [0.2, 0.25) is 0 Å². The van der Waals surface area contributed by atoms with Crippen LogP contribution in [0.4, 0.5) is 11.4 Å². The van der Waals surface area contributed by atoms with Gasteiger partial charge >= 0.3 is 5.69 Å². The molecule has 1 aromatic carbocycles. The number of pyridine rings is 1. The molecule has 0 unspecified atom stereocenters. The number of fused-ring (bicyclic) bond motifs is 1. The van der Waals surface area contributed by atoms with Gasteiger partial charge in [-0.3, -0.25) is 13.9 Å². The van der Waals surface area contributed by atoms with Gasteiger partial charge in [-0.05, 0) is 24.6 Å². The average Bonchev–Trinajstić information content (AvgIpc) is 2.65. The minimum Gasteiger partial charge on any atom is -0.497 e. The number of rotatable bonds is 4. The summed E-state index contributed by atoms with van der Waals surface area (Å²) in [5.74, 6) is 1.24. The second-order valence-corrected chi connectivity index (χ2v) is 5.91. The summed E-state index contributed by atoms with van der Waals surface area (Å²) in [6.07, 6.45) is 1.62. The third-order valence-corrected chi connectivity index (χ3v) is 4.32. The number of hydrogen-bond donors (Lipinski definition) is 1. The number of aryl methyl sites for hydroxylation is 2. The zero-order valence-corrected chi connectivity index (χ0v) is 15.3. The molecule has 0 fully saturated rings. The molecule has 0 saturated heterocycles. The van der Waals surface area contributed by atoms with Crippen molar-refractivity contribution < 1.29 is 9.47 Å². The topological polar surface area (TPSA) is 87.4 Å². The smallest absolute Gasteiger partial charge is 0.332 e. The normalized spacial score (nSPS) is 10.8. The quantitative estimate of drug-likeness (QED) is 0.766. The lowest BCUT2D eigenvalue weighted by molar-refractivity contribution is 0.405. The van der Waals surface area contributed by atoms with Gasteiger partial charge < -0.3 is 14.8 Å². The predicted octanol–water partition coefficient (Wildman–Crippen LogP) is 1.70. The van der Waals surface area contributed by atoms with Crippen LogP contribution in [0.3, 0.4) is 0 Å². The molecule has 2 aromatic heterocycles. The lowest BCUT2D eigenvalue weighted by atomic mass is 10.1. The molecule has 0 aliphatic heterocycles. The van der Waals surface area contributed by atoms with E-state index in [9.17, 15) is 9.59 Å². The van der Waals surface area contributed by atoms with Crippen molar-refractivity contribution >= 4 is 22.4 Å². The number of ether oxygens (including phenoxy) is 2. The third kappa shape index (κ3) is 2.69. The minimum atomic E-state index is -0.427. The maximum absolute atomic E-state index is 12.8. The van der Waals surface area contributed by atoms with Gasteiger partial charge in [0.05, 0.1) is 25.6 Å². The number of hydrogen-bond acceptors (Lipinski definition) is 6. The Hall–Kier alpha value is -3.29. The first-order chi connectivity index (χ1) is 12.4. The second-order valence-electron chi connectivity index (χ2n) is 5.91. The van der Waals surface area contributed by atoms with Crippen molar-refractivity contribution in [3.05, 3.63) is 50.8 Å². The molecule has 0 amide bonds. The summed E-state index contributed by atoms with van der Waals surface area (Å²) in [7, 11) is 6.17. The van der Waals surface area contributed by atoms with Gasteiger partial charge in [-0.25, -0.2) is 9.78 Å². The molecule has 8 heteroatoms. The van der Waals surface area contributed by atoms with Crippen LogP contribution in [-0.2, 0) is 14.1 Å². The van der Waals surface area contributed by atoms with Gasteiger partial charge in [-0.2, -0.15) is 0 Å². The SMILES string of the molecule is COc1ccc(OC)c(Nc2c(C)cnc3c2c(=O)n(C)c(=O)n3C)c1. The van der Waals surface area contributed by atoms with Crippen LogP contribution < -0.4 is 26.0 Å². The Morgan fingerprint density at radius 2 is 1.81 bits per heavy atom. The first-order valence-corrected chi connectivity index (χ1v) is 7.93. The largest absolute Gasteiger partial charge is 0.497 e. The van der Waals surface area contributed by atoms with Crippen LogP contribution >= 0.6 is 0 Å². The summed E-state index contributed by atoms with van der Waals surface area (Å²) < 4.78 is 13.1. The number of benzene rings is 1. The van der Waals surface area contributed by atoms with E-state index >= 15 is 0 Å². The number of aromatic nitrogens is 3. The minimum absolute atomic E-state index is 0.313. The molecular weight excluding hydrogens is 336 g/mol. The van der Waals surface area contributed by atoms with Crippen LogP contribution in [0.1, 0.15) is 5.56 Å². The predicted molar refractivity (Wildman–Crippen MR) is 99.8 cm³/mol. The first-order valence-electron chi connectivity index (χ1n) is 7.93. The molecule has 0 saturated carbocycles. The van der Waals surface area contributed by atoms with Crippen LogP contribution in [-0.4, -0.2) is 28.3 Å². The number of nitrogens with zero attached hydrogens (tertiary/aromatic N) is 3. The number of nitrogens with one attached hydrogen (secondary N) is 1. The second kappa shape index (κ2) is 6.55. The van der Waals surface area contributed by atoms with Crippen LogP contribution in [0.25, 0.3) is 11.0 Å². The van der Waals surface area contributed by atoms with Gasteiger partial charge in [0.2, 0.25) is 0 Å². The summed E-state index contributed by atoms with van der Waals surface area (Å²) in [4.78, 5) is 29.2. The van der Waals surface area contributed by atoms with Gasteiger partial charge in [-0.15, -0.1) is 0 Å². The average molecular weight is 356 g/mol. The standard InChI is InChI=1S/C18H20N4O4/c1-10-9-19-16-14(17(23)22(3)18(24)21(16)2)15(10)20-12-8-11(25-4)6-7-13(12)26-5/h6-9H,1-5H3,(H,19,20). The molecule has 0 bridgehead atoms. The van der Waals surface area contributed by atoms with Gasteiger partial charge in [0.25, 0.3) is 5.56 Å². The van der Waals surface area contributed by atoms with Crippen molar-refractivity contribution in [2.75, 3.05) is 19.5 Å². The molecule has 2 heterocycles. The van der Waals surface area contributed by atoms with Gasteiger partial charge in [0.1, 0.15) is 16.9 Å². The van der Waals surface area contributed by atoms with E-state index in [-0.39, 0.29) is 0 Å². The molecule has 0 aliphatic rings. The Bertz CT molecular complexity index is 1110. The molecule has 136 valence electrons. The molecular formula is C18H20N4O4. The van der Waals surface area contributed by atoms with E-state index in [1.165, 1.54) is 11.6 Å². The van der Waals surface area contributed by atoms with Crippen LogP contribution in [0, 0.1) is 6.92 Å². The van der Waals surface area contributed by atoms with E-state index in [2.05, 4.69) is 10.3 Å². The van der Waals surface area contributed by atoms with E-state index < -0.39 is 11.2 Å². The van der Waals surface area contributed by atoms with E-state index in [0.717, 1.165) is 10.1 Å². The molecule has 3 aromatic rings. The van der Waals surface area contributed by atoms with Crippen molar-refractivity contribution in [1.82, 2.24) is 14.1 Å². The lowest BCUT2D eigenvalue weighted by Gasteiger charge is -2.17. The molecule has 26 heavy (non-hydrogen) atoms. The Morgan fingerprint density at radius 3 is 2.46 bits per heavy atom. The van der Waals surface area contributed by atoms with Crippen molar-refractivity contribution in [3.8, 4) is 11.5 Å². The van der Waals surface area contributed by atoms with Crippen LogP contribution in [0.15, 0.2) is 34.0 Å². The van der Waals surface area contributed by atoms with Gasteiger partial charge in [0, 0.05) is 26.4 Å². The van der Waals surface area contributed by atoms with Crippen molar-refractivity contribution in [2.24, 2.45) is 14.1 Å². The van der Waals surface area contributed by atoms with Gasteiger partial charge in [0.15, 0.2) is 5.65 Å². The lowest BCUT2D eigenvalue weighted by Crippen LogP contribution is -2.37. The highest BCUT2D eigenvalue weighted by atomic mass is 16.5. The molecule has 0 spiro atoms. The fourth-order valence-electron chi connectivity index (χ4n) is 2.83. The Morgan fingerprint density at radius 1 is 1.08 bits per heavy atom. The van der Waals surface area contributed by atoms with Crippen molar-refractivity contribution in [1.29, 1.82) is 0 Å². The summed E-state index contributed by atoms with van der Waals surface area (Å²) in [5.41, 5.74) is 1.44. The Balaban J connectivity index is 2.32. The fourth-order valence-corrected chi connectivity index (χ4v) is 2.83. The first kappa shape index (κ1) is 17.5. The van der Waals surface area contributed by atoms with E-state index in [4.69, 9.17) is 9.47 Å². The van der Waals surface area contributed by atoms with E-state index in [1.807, 2.05) is 6.92 Å². The van der Waals surface area contributed by atoms with E-state index in [0.29, 0.717) is 33.9 Å². The zero-order valence-electron chi connectivity index (χ0n) is 15.3. The summed E-state index contributed by atoms with van der Waals surface area (Å²) >= 11 is 0. The Labute approximate surface area is 149 Å². The monoisotopic (exact) mass is 356 g/mol. The molecule has 0 atom stereocenters. The van der Waals surface area contributed by atoms with Crippen molar-refractivity contribution in [2.45, 2.75) is 6.92 Å².